The number of rotatable bonds is 9. The molecule has 196 valence electrons. The van der Waals surface area contributed by atoms with Crippen LogP contribution in [0.15, 0.2) is 66.0 Å². The summed E-state index contributed by atoms with van der Waals surface area (Å²) in [6, 6.07) is 15.7. The van der Waals surface area contributed by atoms with E-state index in [0.29, 0.717) is 16.1 Å². The highest BCUT2D eigenvalue weighted by Crippen LogP contribution is 2.26. The van der Waals surface area contributed by atoms with Gasteiger partial charge in [0.05, 0.1) is 17.6 Å². The van der Waals surface area contributed by atoms with E-state index in [0.717, 1.165) is 0 Å². The second-order valence-electron chi connectivity index (χ2n) is 8.83. The lowest BCUT2D eigenvalue weighted by molar-refractivity contribution is -0.147. The quantitative estimate of drug-likeness (QED) is 0.226. The van der Waals surface area contributed by atoms with Gasteiger partial charge in [0.2, 0.25) is 5.91 Å². The number of benzene rings is 2. The van der Waals surface area contributed by atoms with Crippen molar-refractivity contribution in [3.63, 3.8) is 0 Å². The molecule has 9 nitrogen and oxygen atoms in total. The fourth-order valence-corrected chi connectivity index (χ4v) is 4.37. The van der Waals surface area contributed by atoms with Crippen LogP contribution in [0.4, 0.5) is 5.69 Å². The Hall–Kier alpha value is -4.31. The van der Waals surface area contributed by atoms with Gasteiger partial charge in [0, 0.05) is 24.2 Å². The first kappa shape index (κ1) is 26.7. The molecule has 1 atom stereocenters. The molecule has 1 aromatic heterocycles. The highest BCUT2D eigenvalue weighted by atomic mass is 32.1. The van der Waals surface area contributed by atoms with Crippen molar-refractivity contribution < 1.29 is 38.2 Å². The maximum Gasteiger partial charge on any atom is 0.353 e. The minimum atomic E-state index is -0.722. The number of ether oxygens (including phenoxy) is 3. The zero-order valence-corrected chi connectivity index (χ0v) is 21.6. The number of carbonyl (C=O) groups excluding carboxylic acids is 5. The number of ketones is 1. The lowest BCUT2D eigenvalue weighted by Crippen LogP contribution is -2.27. The summed E-state index contributed by atoms with van der Waals surface area (Å²) in [5, 5.41) is 1.77. The van der Waals surface area contributed by atoms with E-state index >= 15 is 0 Å². The number of anilines is 1. The van der Waals surface area contributed by atoms with Crippen molar-refractivity contribution in [3.8, 4) is 5.75 Å². The minimum Gasteiger partial charge on any atom is -0.459 e. The summed E-state index contributed by atoms with van der Waals surface area (Å²) in [5.74, 6) is -2.72. The van der Waals surface area contributed by atoms with Crippen LogP contribution in [0.3, 0.4) is 0 Å². The molecule has 0 aliphatic carbocycles. The van der Waals surface area contributed by atoms with Crippen molar-refractivity contribution in [2.24, 2.45) is 5.92 Å². The van der Waals surface area contributed by atoms with Gasteiger partial charge in [0.1, 0.15) is 10.6 Å². The van der Waals surface area contributed by atoms with E-state index < -0.39 is 36.2 Å². The Bertz CT molecular complexity index is 1330. The number of esters is 3. The summed E-state index contributed by atoms with van der Waals surface area (Å²) in [6.45, 7) is 3.13. The van der Waals surface area contributed by atoms with Gasteiger partial charge < -0.3 is 19.1 Å². The van der Waals surface area contributed by atoms with Gasteiger partial charge in [-0.25, -0.2) is 9.59 Å². The fraction of sp³-hybridized carbons (Fsp3) is 0.250. The summed E-state index contributed by atoms with van der Waals surface area (Å²) in [4.78, 5) is 63.5. The summed E-state index contributed by atoms with van der Waals surface area (Å²) >= 11 is 1.26. The molecule has 0 radical (unpaired) electrons. The summed E-state index contributed by atoms with van der Waals surface area (Å²) < 4.78 is 15.6. The average Bonchev–Trinajstić information content (AvgIpc) is 3.58. The molecular weight excluding hydrogens is 510 g/mol. The van der Waals surface area contributed by atoms with Crippen LogP contribution in [0.5, 0.6) is 5.75 Å². The molecule has 0 saturated carbocycles. The molecule has 1 saturated heterocycles. The molecule has 0 N–H and O–H groups in total. The first-order valence-electron chi connectivity index (χ1n) is 11.9. The third kappa shape index (κ3) is 6.51. The number of thiophene rings is 1. The maximum absolute atomic E-state index is 12.6. The monoisotopic (exact) mass is 535 g/mol. The van der Waals surface area contributed by atoms with E-state index in [1.807, 2.05) is 0 Å². The second kappa shape index (κ2) is 11.8. The van der Waals surface area contributed by atoms with Gasteiger partial charge in [-0.3, -0.25) is 14.4 Å². The van der Waals surface area contributed by atoms with Crippen molar-refractivity contribution >= 4 is 46.6 Å². The first-order valence-corrected chi connectivity index (χ1v) is 12.8. The van der Waals surface area contributed by atoms with E-state index in [2.05, 4.69) is 0 Å². The summed E-state index contributed by atoms with van der Waals surface area (Å²) in [6.07, 6.45) is -0.296. The molecule has 0 unspecified atom stereocenters. The number of carbonyl (C=O) groups is 5. The van der Waals surface area contributed by atoms with E-state index in [4.69, 9.17) is 14.2 Å². The van der Waals surface area contributed by atoms with Gasteiger partial charge in [-0.1, -0.05) is 6.07 Å². The number of nitrogens with zero attached hydrogens (tertiary/aromatic N) is 1. The summed E-state index contributed by atoms with van der Waals surface area (Å²) in [7, 11) is 0. The van der Waals surface area contributed by atoms with Crippen LogP contribution in [-0.2, 0) is 19.1 Å². The summed E-state index contributed by atoms with van der Waals surface area (Å²) in [5.41, 5.74) is 1.19. The van der Waals surface area contributed by atoms with Gasteiger partial charge in [0.25, 0.3) is 0 Å². The normalized spacial score (nSPS) is 14.9. The van der Waals surface area contributed by atoms with Crippen LogP contribution in [0, 0.1) is 5.92 Å². The third-order valence-corrected chi connectivity index (χ3v) is 6.52. The predicted octanol–water partition coefficient (Wildman–Crippen LogP) is 4.31. The van der Waals surface area contributed by atoms with Gasteiger partial charge in [0.15, 0.2) is 12.4 Å². The highest BCUT2D eigenvalue weighted by Gasteiger charge is 2.36. The van der Waals surface area contributed by atoms with E-state index in [1.165, 1.54) is 40.5 Å². The van der Waals surface area contributed by atoms with Crippen LogP contribution < -0.4 is 9.64 Å². The Morgan fingerprint density at radius 1 is 0.947 bits per heavy atom. The minimum absolute atomic E-state index is 0.0472. The van der Waals surface area contributed by atoms with Crippen LogP contribution >= 0.6 is 11.3 Å². The molecule has 38 heavy (non-hydrogen) atoms. The van der Waals surface area contributed by atoms with Gasteiger partial charge in [-0.05, 0) is 73.8 Å². The Morgan fingerprint density at radius 2 is 1.63 bits per heavy atom. The molecule has 10 heteroatoms. The van der Waals surface area contributed by atoms with Crippen molar-refractivity contribution in [1.82, 2.24) is 0 Å². The molecule has 0 spiro atoms. The Labute approximate surface area is 222 Å². The van der Waals surface area contributed by atoms with E-state index in [1.54, 1.807) is 55.6 Å². The number of Topliss-reactive ketones (excluding diaryl/α,β-unsaturated/α-hetero) is 1. The second-order valence-corrected chi connectivity index (χ2v) is 9.78. The Morgan fingerprint density at radius 3 is 2.26 bits per heavy atom. The van der Waals surface area contributed by atoms with Crippen LogP contribution in [-0.4, -0.2) is 48.9 Å². The third-order valence-electron chi connectivity index (χ3n) is 5.67. The van der Waals surface area contributed by atoms with E-state index in [-0.39, 0.29) is 36.3 Å². The molecule has 4 rings (SSSR count). The van der Waals surface area contributed by atoms with Gasteiger partial charge in [-0.2, -0.15) is 0 Å². The number of amides is 1. The molecule has 1 amide bonds. The SMILES string of the molecule is CC(C)OC(=O)c1ccc(N2C[C@H](C(=O)OCC(=O)c3ccc(OC(=O)c4cccs4)cc3)CC2=O)cc1. The zero-order valence-electron chi connectivity index (χ0n) is 20.7. The Balaban J connectivity index is 1.27. The molecular formula is C28H25NO8S. The van der Waals surface area contributed by atoms with Crippen LogP contribution in [0.2, 0.25) is 0 Å². The van der Waals surface area contributed by atoms with Crippen molar-refractivity contribution in [3.05, 3.63) is 82.0 Å². The van der Waals surface area contributed by atoms with Crippen molar-refractivity contribution in [1.29, 1.82) is 0 Å². The molecule has 2 heterocycles. The van der Waals surface area contributed by atoms with Gasteiger partial charge >= 0.3 is 17.9 Å². The standard InChI is InChI=1S/C28H25NO8S/c1-17(2)36-27(33)19-5-9-21(10-6-19)29-15-20(14-25(29)31)26(32)35-16-23(30)18-7-11-22(12-8-18)37-28(34)24-4-3-13-38-24/h3-13,17,20H,14-16H2,1-2H3/t20-/m1/s1. The van der Waals surface area contributed by atoms with Crippen LogP contribution in [0.1, 0.15) is 50.7 Å². The molecule has 0 bridgehead atoms. The van der Waals surface area contributed by atoms with E-state index in [9.17, 15) is 24.0 Å². The zero-order chi connectivity index (χ0) is 27.2. The average molecular weight is 536 g/mol. The van der Waals surface area contributed by atoms with Crippen molar-refractivity contribution in [2.45, 2.75) is 26.4 Å². The maximum atomic E-state index is 12.6. The topological polar surface area (TPSA) is 116 Å². The largest absolute Gasteiger partial charge is 0.459 e. The van der Waals surface area contributed by atoms with Crippen molar-refractivity contribution in [2.75, 3.05) is 18.1 Å². The lowest BCUT2D eigenvalue weighted by Gasteiger charge is -2.17. The predicted molar refractivity (Wildman–Crippen MR) is 138 cm³/mol. The molecule has 1 aliphatic rings. The Kier molecular flexibility index (Phi) is 8.32. The van der Waals surface area contributed by atoms with Gasteiger partial charge in [-0.15, -0.1) is 11.3 Å². The first-order chi connectivity index (χ1) is 18.2. The molecule has 3 aromatic rings. The molecule has 1 fully saturated rings. The lowest BCUT2D eigenvalue weighted by atomic mass is 10.1. The number of hydrogen-bond acceptors (Lipinski definition) is 9. The molecule has 2 aromatic carbocycles. The highest BCUT2D eigenvalue weighted by molar-refractivity contribution is 7.12. The van der Waals surface area contributed by atoms with Crippen LogP contribution in [0.25, 0.3) is 0 Å². The number of hydrogen-bond donors (Lipinski definition) is 0. The smallest absolute Gasteiger partial charge is 0.353 e. The fourth-order valence-electron chi connectivity index (χ4n) is 3.77. The molecule has 1 aliphatic heterocycles.